The van der Waals surface area contributed by atoms with Crippen LogP contribution in [0, 0.1) is 13.8 Å². The number of nitrogens with zero attached hydrogens (tertiary/aromatic N) is 2. The maximum Gasteiger partial charge on any atom is 0.321 e. The monoisotopic (exact) mass is 396 g/mol. The number of carbonyl (C=O) groups is 3. The summed E-state index contributed by atoms with van der Waals surface area (Å²) in [6.07, 6.45) is 1.35. The summed E-state index contributed by atoms with van der Waals surface area (Å²) in [5, 5.41) is 5.45. The number of hydrogen-bond acceptors (Lipinski definition) is 7. The lowest BCUT2D eigenvalue weighted by Gasteiger charge is -2.21. The zero-order valence-corrected chi connectivity index (χ0v) is 17.7. The highest BCUT2D eigenvalue weighted by Gasteiger charge is 2.22. The Balaban J connectivity index is 2.55. The van der Waals surface area contributed by atoms with Crippen LogP contribution in [0.5, 0.6) is 0 Å². The van der Waals surface area contributed by atoms with E-state index in [9.17, 15) is 14.4 Å². The summed E-state index contributed by atoms with van der Waals surface area (Å²) < 4.78 is 5.11. The molecule has 0 fully saturated rings. The molecule has 0 aliphatic rings. The molecule has 0 saturated carbocycles. The van der Waals surface area contributed by atoms with Crippen LogP contribution in [0.4, 0.5) is 4.79 Å². The number of rotatable bonds is 6. The van der Waals surface area contributed by atoms with Gasteiger partial charge >= 0.3 is 12.0 Å². The van der Waals surface area contributed by atoms with Crippen LogP contribution in [0.3, 0.4) is 0 Å². The van der Waals surface area contributed by atoms with Crippen LogP contribution in [0.2, 0.25) is 0 Å². The standard InChI is InChI=1S/C18H28N4O4S/c1-10-13(11(2)20-17(19-10)27-7)8-9-14(23)26-12(3)15(24)21-16(25)22-18(4,5)6/h12H,8-9H2,1-7H3,(H2,21,22,24,25)/t12-/m1/s1. The molecule has 9 heteroatoms. The second-order valence-corrected chi connectivity index (χ2v) is 7.96. The third-order valence-electron chi connectivity index (χ3n) is 3.56. The van der Waals surface area contributed by atoms with E-state index in [1.54, 1.807) is 20.8 Å². The van der Waals surface area contributed by atoms with Crippen LogP contribution < -0.4 is 10.6 Å². The second-order valence-electron chi connectivity index (χ2n) is 7.19. The Kier molecular flexibility index (Phi) is 8.20. The van der Waals surface area contributed by atoms with E-state index in [-0.39, 0.29) is 6.42 Å². The smallest absolute Gasteiger partial charge is 0.321 e. The molecule has 1 heterocycles. The summed E-state index contributed by atoms with van der Waals surface area (Å²) in [7, 11) is 0. The topological polar surface area (TPSA) is 110 Å². The van der Waals surface area contributed by atoms with Gasteiger partial charge in [-0.2, -0.15) is 0 Å². The van der Waals surface area contributed by atoms with Gasteiger partial charge in [0.05, 0.1) is 0 Å². The highest BCUT2D eigenvalue weighted by molar-refractivity contribution is 7.98. The zero-order chi connectivity index (χ0) is 20.8. The van der Waals surface area contributed by atoms with Crippen molar-refractivity contribution >= 4 is 29.7 Å². The quantitative estimate of drug-likeness (QED) is 0.431. The first-order valence-corrected chi connectivity index (χ1v) is 9.86. The van der Waals surface area contributed by atoms with Crippen LogP contribution >= 0.6 is 11.8 Å². The summed E-state index contributed by atoms with van der Waals surface area (Å²) in [5.41, 5.74) is 2.06. The molecule has 1 atom stereocenters. The van der Waals surface area contributed by atoms with Gasteiger partial charge in [0.1, 0.15) is 0 Å². The first-order chi connectivity index (χ1) is 12.4. The second kappa shape index (κ2) is 9.68. The summed E-state index contributed by atoms with van der Waals surface area (Å²) >= 11 is 1.46. The summed E-state index contributed by atoms with van der Waals surface area (Å²) in [4.78, 5) is 44.4. The fraction of sp³-hybridized carbons (Fsp3) is 0.611. The first kappa shape index (κ1) is 22.9. The molecule has 1 rings (SSSR count). The van der Waals surface area contributed by atoms with Crippen LogP contribution in [0.25, 0.3) is 0 Å². The predicted octanol–water partition coefficient (Wildman–Crippen LogP) is 2.30. The highest BCUT2D eigenvalue weighted by Crippen LogP contribution is 2.17. The van der Waals surface area contributed by atoms with Gasteiger partial charge in [-0.05, 0) is 59.8 Å². The van der Waals surface area contributed by atoms with Crippen molar-refractivity contribution in [3.63, 3.8) is 0 Å². The number of amides is 3. The van der Waals surface area contributed by atoms with Crippen molar-refractivity contribution in [2.75, 3.05) is 6.26 Å². The molecular weight excluding hydrogens is 368 g/mol. The SMILES string of the molecule is CSc1nc(C)c(CCC(=O)O[C@H](C)C(=O)NC(=O)NC(C)(C)C)c(C)n1. The highest BCUT2D eigenvalue weighted by atomic mass is 32.2. The molecule has 0 aliphatic heterocycles. The molecule has 2 N–H and O–H groups in total. The average Bonchev–Trinajstić information content (AvgIpc) is 2.51. The zero-order valence-electron chi connectivity index (χ0n) is 16.9. The lowest BCUT2D eigenvalue weighted by atomic mass is 10.1. The molecule has 0 radical (unpaired) electrons. The Morgan fingerprint density at radius 3 is 2.19 bits per heavy atom. The minimum Gasteiger partial charge on any atom is -0.453 e. The Morgan fingerprint density at radius 1 is 1.15 bits per heavy atom. The number of aromatic nitrogens is 2. The van der Waals surface area contributed by atoms with E-state index < -0.39 is 29.6 Å². The summed E-state index contributed by atoms with van der Waals surface area (Å²) in [6, 6.07) is -0.632. The van der Waals surface area contributed by atoms with Gasteiger partial charge in [0, 0.05) is 23.3 Å². The average molecular weight is 397 g/mol. The lowest BCUT2D eigenvalue weighted by molar-refractivity contribution is -0.154. The molecule has 0 saturated heterocycles. The summed E-state index contributed by atoms with van der Waals surface area (Å²) in [5.74, 6) is -1.20. The van der Waals surface area contributed by atoms with Crippen molar-refractivity contribution in [2.45, 2.75) is 71.2 Å². The number of esters is 1. The van der Waals surface area contributed by atoms with Crippen LogP contribution in [-0.4, -0.2) is 45.8 Å². The number of carbonyl (C=O) groups excluding carboxylic acids is 3. The maximum absolute atomic E-state index is 12.0. The van der Waals surface area contributed by atoms with Gasteiger partial charge in [-0.15, -0.1) is 0 Å². The third-order valence-corrected chi connectivity index (χ3v) is 4.11. The van der Waals surface area contributed by atoms with E-state index in [1.165, 1.54) is 18.7 Å². The third kappa shape index (κ3) is 7.94. The molecule has 0 aliphatic carbocycles. The minimum atomic E-state index is -1.07. The molecular formula is C18H28N4O4S. The van der Waals surface area contributed by atoms with E-state index in [4.69, 9.17) is 4.74 Å². The molecule has 1 aromatic rings. The van der Waals surface area contributed by atoms with Gasteiger partial charge in [-0.3, -0.25) is 14.9 Å². The Morgan fingerprint density at radius 2 is 1.70 bits per heavy atom. The Bertz CT molecular complexity index is 693. The van der Waals surface area contributed by atoms with Crippen molar-refractivity contribution in [1.29, 1.82) is 0 Å². The van der Waals surface area contributed by atoms with E-state index in [0.29, 0.717) is 11.6 Å². The van der Waals surface area contributed by atoms with Gasteiger partial charge in [0.2, 0.25) is 0 Å². The van der Waals surface area contributed by atoms with Crippen LogP contribution in [0.1, 0.15) is 51.1 Å². The number of urea groups is 1. The molecule has 27 heavy (non-hydrogen) atoms. The molecule has 150 valence electrons. The molecule has 0 aromatic carbocycles. The van der Waals surface area contributed by atoms with Crippen molar-refractivity contribution in [1.82, 2.24) is 20.6 Å². The maximum atomic E-state index is 12.0. The predicted molar refractivity (Wildman–Crippen MR) is 104 cm³/mol. The van der Waals surface area contributed by atoms with E-state index in [1.807, 2.05) is 20.1 Å². The molecule has 3 amide bonds. The lowest BCUT2D eigenvalue weighted by Crippen LogP contribution is -2.50. The fourth-order valence-electron chi connectivity index (χ4n) is 2.28. The van der Waals surface area contributed by atoms with Gasteiger partial charge < -0.3 is 10.1 Å². The van der Waals surface area contributed by atoms with E-state index in [0.717, 1.165) is 17.0 Å². The first-order valence-electron chi connectivity index (χ1n) is 8.63. The number of nitrogens with one attached hydrogen (secondary N) is 2. The van der Waals surface area contributed by atoms with Gasteiger partial charge in [0.15, 0.2) is 11.3 Å². The minimum absolute atomic E-state index is 0.0927. The van der Waals surface area contributed by atoms with Crippen molar-refractivity contribution in [3.05, 3.63) is 17.0 Å². The number of hydrogen-bond donors (Lipinski definition) is 2. The Labute approximate surface area is 164 Å². The molecule has 0 bridgehead atoms. The molecule has 1 aromatic heterocycles. The van der Waals surface area contributed by atoms with Gasteiger partial charge in [-0.1, -0.05) is 11.8 Å². The normalized spacial score (nSPS) is 12.3. The van der Waals surface area contributed by atoms with Crippen LogP contribution in [-0.2, 0) is 20.7 Å². The van der Waals surface area contributed by atoms with Gasteiger partial charge in [-0.25, -0.2) is 14.8 Å². The Hall–Kier alpha value is -2.16. The van der Waals surface area contributed by atoms with Crippen molar-refractivity contribution in [3.8, 4) is 0 Å². The molecule has 8 nitrogen and oxygen atoms in total. The fourth-order valence-corrected chi connectivity index (χ4v) is 2.74. The van der Waals surface area contributed by atoms with Crippen molar-refractivity contribution in [2.24, 2.45) is 0 Å². The number of aryl methyl sites for hydroxylation is 2. The summed E-state index contributed by atoms with van der Waals surface area (Å²) in [6.45, 7) is 10.5. The number of thioether (sulfide) groups is 1. The number of imide groups is 1. The van der Waals surface area contributed by atoms with Crippen LogP contribution in [0.15, 0.2) is 5.16 Å². The van der Waals surface area contributed by atoms with E-state index in [2.05, 4.69) is 20.6 Å². The largest absolute Gasteiger partial charge is 0.453 e. The van der Waals surface area contributed by atoms with Gasteiger partial charge in [0.25, 0.3) is 5.91 Å². The van der Waals surface area contributed by atoms with E-state index >= 15 is 0 Å². The molecule has 0 spiro atoms. The van der Waals surface area contributed by atoms with Crippen molar-refractivity contribution < 1.29 is 19.1 Å². The number of ether oxygens (including phenoxy) is 1. The molecule has 0 unspecified atom stereocenters.